The number of methoxy groups -OCH3 is 1. The van der Waals surface area contributed by atoms with Crippen LogP contribution in [-0.4, -0.2) is 19.9 Å². The average Bonchev–Trinajstić information content (AvgIpc) is 2.74. The first kappa shape index (κ1) is 10.8. The van der Waals surface area contributed by atoms with E-state index in [1.165, 1.54) is 0 Å². The molecule has 0 bridgehead atoms. The molecule has 0 amide bonds. The fraction of sp³-hybridized carbons (Fsp3) is 0.417. The first-order valence-electron chi connectivity index (χ1n) is 5.30. The van der Waals surface area contributed by atoms with Crippen molar-refractivity contribution in [3.63, 3.8) is 0 Å². The number of oxime groups is 1. The van der Waals surface area contributed by atoms with Gasteiger partial charge in [-0.1, -0.05) is 11.2 Å². The molecule has 1 unspecified atom stereocenters. The summed E-state index contributed by atoms with van der Waals surface area (Å²) in [4.78, 5) is 5.40. The molecule has 0 fully saturated rings. The minimum atomic E-state index is -0.0430. The normalized spacial score (nSPS) is 18.9. The highest BCUT2D eigenvalue weighted by atomic mass is 16.6. The molecule has 1 aliphatic heterocycles. The molecule has 1 N–H and O–H groups in total. The van der Waals surface area contributed by atoms with Gasteiger partial charge in [0.2, 0.25) is 0 Å². The SMILES string of the molecule is CNc1cccc(OC)c1C1CC(C)=NO1. The molecule has 16 heavy (non-hydrogen) atoms. The van der Waals surface area contributed by atoms with Gasteiger partial charge >= 0.3 is 0 Å². The molecule has 1 heterocycles. The molecular weight excluding hydrogens is 204 g/mol. The third kappa shape index (κ3) is 1.83. The van der Waals surface area contributed by atoms with Crippen LogP contribution in [0, 0.1) is 0 Å². The summed E-state index contributed by atoms with van der Waals surface area (Å²) in [6.07, 6.45) is 0.772. The topological polar surface area (TPSA) is 42.8 Å². The van der Waals surface area contributed by atoms with Gasteiger partial charge in [0, 0.05) is 19.2 Å². The molecule has 0 aliphatic carbocycles. The van der Waals surface area contributed by atoms with E-state index in [0.717, 1.165) is 29.1 Å². The molecule has 4 heteroatoms. The lowest BCUT2D eigenvalue weighted by Crippen LogP contribution is -2.05. The molecule has 1 aromatic carbocycles. The van der Waals surface area contributed by atoms with Crippen molar-refractivity contribution in [2.75, 3.05) is 19.5 Å². The molecule has 0 saturated heterocycles. The summed E-state index contributed by atoms with van der Waals surface area (Å²) >= 11 is 0. The zero-order chi connectivity index (χ0) is 11.5. The molecule has 0 saturated carbocycles. The van der Waals surface area contributed by atoms with E-state index in [9.17, 15) is 0 Å². The summed E-state index contributed by atoms with van der Waals surface area (Å²) in [5.74, 6) is 0.835. The Hall–Kier alpha value is -1.71. The van der Waals surface area contributed by atoms with Crippen LogP contribution in [0.15, 0.2) is 23.4 Å². The van der Waals surface area contributed by atoms with Crippen molar-refractivity contribution in [2.24, 2.45) is 5.16 Å². The Bertz CT molecular complexity index is 393. The van der Waals surface area contributed by atoms with E-state index in [1.54, 1.807) is 7.11 Å². The van der Waals surface area contributed by atoms with Gasteiger partial charge in [-0.15, -0.1) is 0 Å². The van der Waals surface area contributed by atoms with Gasteiger partial charge in [-0.25, -0.2) is 0 Å². The second-order valence-corrected chi connectivity index (χ2v) is 3.80. The summed E-state index contributed by atoms with van der Waals surface area (Å²) in [5, 5.41) is 7.13. The Morgan fingerprint density at radius 3 is 2.88 bits per heavy atom. The Morgan fingerprint density at radius 1 is 1.50 bits per heavy atom. The largest absolute Gasteiger partial charge is 0.496 e. The number of ether oxygens (including phenoxy) is 1. The molecule has 1 atom stereocenters. The number of rotatable bonds is 3. The maximum absolute atomic E-state index is 5.40. The van der Waals surface area contributed by atoms with Crippen LogP contribution in [0.1, 0.15) is 25.0 Å². The summed E-state index contributed by atoms with van der Waals surface area (Å²) in [7, 11) is 3.56. The highest BCUT2D eigenvalue weighted by Crippen LogP contribution is 2.38. The minimum Gasteiger partial charge on any atom is -0.496 e. The van der Waals surface area contributed by atoms with Gasteiger partial charge in [0.05, 0.1) is 18.4 Å². The predicted octanol–water partition coefficient (Wildman–Crippen LogP) is 2.57. The quantitative estimate of drug-likeness (QED) is 0.851. The van der Waals surface area contributed by atoms with Crippen LogP contribution in [0.5, 0.6) is 5.75 Å². The van der Waals surface area contributed by atoms with Crippen molar-refractivity contribution in [3.8, 4) is 5.75 Å². The van der Waals surface area contributed by atoms with Crippen molar-refractivity contribution in [3.05, 3.63) is 23.8 Å². The van der Waals surface area contributed by atoms with E-state index >= 15 is 0 Å². The van der Waals surface area contributed by atoms with Crippen molar-refractivity contribution in [1.82, 2.24) is 0 Å². The zero-order valence-electron chi connectivity index (χ0n) is 9.78. The Labute approximate surface area is 95.2 Å². The Balaban J connectivity index is 2.37. The van der Waals surface area contributed by atoms with Gasteiger partial charge in [0.15, 0.2) is 6.10 Å². The predicted molar refractivity (Wildman–Crippen MR) is 64.1 cm³/mol. The maximum atomic E-state index is 5.40. The van der Waals surface area contributed by atoms with Crippen molar-refractivity contribution in [1.29, 1.82) is 0 Å². The first-order chi connectivity index (χ1) is 7.76. The van der Waals surface area contributed by atoms with Crippen molar-refractivity contribution in [2.45, 2.75) is 19.4 Å². The third-order valence-corrected chi connectivity index (χ3v) is 2.69. The summed E-state index contributed by atoms with van der Waals surface area (Å²) in [6, 6.07) is 5.90. The van der Waals surface area contributed by atoms with Gasteiger partial charge in [-0.2, -0.15) is 0 Å². The van der Waals surface area contributed by atoms with E-state index in [4.69, 9.17) is 9.57 Å². The van der Waals surface area contributed by atoms with Crippen LogP contribution in [-0.2, 0) is 4.84 Å². The summed E-state index contributed by atoms with van der Waals surface area (Å²) < 4.78 is 5.36. The highest BCUT2D eigenvalue weighted by molar-refractivity contribution is 5.83. The lowest BCUT2D eigenvalue weighted by molar-refractivity contribution is 0.0842. The van der Waals surface area contributed by atoms with E-state index in [0.29, 0.717) is 0 Å². The summed E-state index contributed by atoms with van der Waals surface area (Å²) in [6.45, 7) is 1.97. The molecule has 2 rings (SSSR count). The molecule has 0 spiro atoms. The molecule has 86 valence electrons. The first-order valence-corrected chi connectivity index (χ1v) is 5.30. The number of benzene rings is 1. The minimum absolute atomic E-state index is 0.0430. The number of hydrogen-bond donors (Lipinski definition) is 1. The molecule has 1 aromatic rings. The van der Waals surface area contributed by atoms with Gasteiger partial charge in [-0.05, 0) is 19.1 Å². The van der Waals surface area contributed by atoms with E-state index in [-0.39, 0.29) is 6.10 Å². The maximum Gasteiger partial charge on any atom is 0.163 e. The number of nitrogens with one attached hydrogen (secondary N) is 1. The standard InChI is InChI=1S/C12H16N2O2/c1-8-7-11(16-14-8)12-9(13-2)5-4-6-10(12)15-3/h4-6,11,13H,7H2,1-3H3. The fourth-order valence-electron chi connectivity index (χ4n) is 1.92. The monoisotopic (exact) mass is 220 g/mol. The number of nitrogens with zero attached hydrogens (tertiary/aromatic N) is 1. The lowest BCUT2D eigenvalue weighted by Gasteiger charge is -2.17. The molecule has 1 aliphatic rings. The smallest absolute Gasteiger partial charge is 0.163 e. The van der Waals surface area contributed by atoms with Crippen LogP contribution in [0.3, 0.4) is 0 Å². The van der Waals surface area contributed by atoms with Crippen LogP contribution in [0.4, 0.5) is 5.69 Å². The van der Waals surface area contributed by atoms with Crippen LogP contribution in [0.2, 0.25) is 0 Å². The second-order valence-electron chi connectivity index (χ2n) is 3.80. The van der Waals surface area contributed by atoms with Gasteiger partial charge < -0.3 is 14.9 Å². The average molecular weight is 220 g/mol. The second kappa shape index (κ2) is 4.43. The Morgan fingerprint density at radius 2 is 2.31 bits per heavy atom. The number of hydrogen-bond acceptors (Lipinski definition) is 4. The van der Waals surface area contributed by atoms with E-state index in [2.05, 4.69) is 10.5 Å². The highest BCUT2D eigenvalue weighted by Gasteiger charge is 2.26. The van der Waals surface area contributed by atoms with Gasteiger partial charge in [0.1, 0.15) is 5.75 Å². The molecule has 4 nitrogen and oxygen atoms in total. The number of anilines is 1. The molecule has 0 radical (unpaired) electrons. The van der Waals surface area contributed by atoms with Crippen molar-refractivity contribution < 1.29 is 9.57 Å². The Kier molecular flexibility index (Phi) is 2.99. The third-order valence-electron chi connectivity index (χ3n) is 2.69. The van der Waals surface area contributed by atoms with E-state index in [1.807, 2.05) is 32.2 Å². The molecular formula is C12H16N2O2. The summed E-state index contributed by atoms with van der Waals surface area (Å²) in [5.41, 5.74) is 3.07. The van der Waals surface area contributed by atoms with E-state index < -0.39 is 0 Å². The van der Waals surface area contributed by atoms with Gasteiger partial charge in [-0.3, -0.25) is 0 Å². The fourth-order valence-corrected chi connectivity index (χ4v) is 1.92. The molecule has 0 aromatic heterocycles. The van der Waals surface area contributed by atoms with Gasteiger partial charge in [0.25, 0.3) is 0 Å². The van der Waals surface area contributed by atoms with Crippen molar-refractivity contribution >= 4 is 11.4 Å². The van der Waals surface area contributed by atoms with Crippen LogP contribution >= 0.6 is 0 Å². The zero-order valence-corrected chi connectivity index (χ0v) is 9.78. The lowest BCUT2D eigenvalue weighted by atomic mass is 10.0. The van der Waals surface area contributed by atoms with Crippen LogP contribution in [0.25, 0.3) is 0 Å². The van der Waals surface area contributed by atoms with Crippen LogP contribution < -0.4 is 10.1 Å².